The first-order valence-corrected chi connectivity index (χ1v) is 12.2. The molecule has 4 fully saturated rings. The molecule has 1 heterocycles. The molecule has 1 aliphatic heterocycles. The maximum atomic E-state index is 13.7. The average molecular weight is 403 g/mol. The van der Waals surface area contributed by atoms with E-state index in [1.807, 2.05) is 0 Å². The van der Waals surface area contributed by atoms with Crippen LogP contribution in [0.25, 0.3) is 0 Å². The fourth-order valence-electron chi connectivity index (χ4n) is 8.39. The summed E-state index contributed by atoms with van der Waals surface area (Å²) in [5.41, 5.74) is 0.406. The molecule has 1 N–H and O–H groups in total. The highest BCUT2D eigenvalue weighted by molar-refractivity contribution is 5.81. The Balaban J connectivity index is 1.57. The summed E-state index contributed by atoms with van der Waals surface area (Å²) in [5.74, 6) is 2.96. The van der Waals surface area contributed by atoms with Crippen LogP contribution in [0.2, 0.25) is 0 Å². The summed E-state index contributed by atoms with van der Waals surface area (Å²) in [6.07, 6.45) is 8.77. The standard InChI is InChI=1S/C25H42N2O2/c1-15(2)27(16(3)4)23(29)20-9-8-18-17-7-10-21-25(6,14-12-22(28)26-21)19(17)11-13-24(18,20)5/h15-21H,7-14H2,1-6H3,(H,26,28)/t17-,18-,19-,20+,21?,24-,25+/m0/s1. The molecule has 0 aromatic carbocycles. The molecule has 0 bridgehead atoms. The van der Waals surface area contributed by atoms with Crippen molar-refractivity contribution in [2.45, 2.75) is 111 Å². The fraction of sp³-hybridized carbons (Fsp3) is 0.920. The first kappa shape index (κ1) is 21.2. The quantitative estimate of drug-likeness (QED) is 0.739. The summed E-state index contributed by atoms with van der Waals surface area (Å²) in [7, 11) is 0. The lowest BCUT2D eigenvalue weighted by Gasteiger charge is -2.60. The van der Waals surface area contributed by atoms with E-state index in [4.69, 9.17) is 0 Å². The molecular weight excluding hydrogens is 360 g/mol. The van der Waals surface area contributed by atoms with Gasteiger partial charge in [0.05, 0.1) is 0 Å². The Morgan fingerprint density at radius 2 is 1.59 bits per heavy atom. The molecule has 0 aromatic heterocycles. The summed E-state index contributed by atoms with van der Waals surface area (Å²) in [6, 6.07) is 0.897. The molecule has 1 unspecified atom stereocenters. The van der Waals surface area contributed by atoms with Crippen molar-refractivity contribution in [3.05, 3.63) is 0 Å². The number of hydrogen-bond donors (Lipinski definition) is 1. The predicted octanol–water partition coefficient (Wildman–Crippen LogP) is 4.77. The number of amides is 2. The second-order valence-electron chi connectivity index (χ2n) is 11.7. The monoisotopic (exact) mass is 402 g/mol. The molecule has 4 nitrogen and oxygen atoms in total. The van der Waals surface area contributed by atoms with Gasteiger partial charge in [0.25, 0.3) is 0 Å². The van der Waals surface area contributed by atoms with Gasteiger partial charge in [0.15, 0.2) is 0 Å². The minimum absolute atomic E-state index is 0.154. The van der Waals surface area contributed by atoms with Crippen molar-refractivity contribution in [3.63, 3.8) is 0 Å². The van der Waals surface area contributed by atoms with E-state index in [2.05, 4.69) is 51.8 Å². The zero-order chi connectivity index (χ0) is 21.1. The van der Waals surface area contributed by atoms with Crippen molar-refractivity contribution in [2.75, 3.05) is 0 Å². The maximum absolute atomic E-state index is 13.7. The molecular formula is C25H42N2O2. The molecule has 7 atom stereocenters. The van der Waals surface area contributed by atoms with E-state index in [0.29, 0.717) is 30.2 Å². The maximum Gasteiger partial charge on any atom is 0.226 e. The Morgan fingerprint density at radius 1 is 0.931 bits per heavy atom. The summed E-state index contributed by atoms with van der Waals surface area (Å²) in [6.45, 7) is 13.5. The van der Waals surface area contributed by atoms with Gasteiger partial charge < -0.3 is 10.2 Å². The number of hydrogen-bond acceptors (Lipinski definition) is 2. The van der Waals surface area contributed by atoms with E-state index >= 15 is 0 Å². The first-order chi connectivity index (χ1) is 13.6. The highest BCUT2D eigenvalue weighted by Gasteiger charge is 2.61. The van der Waals surface area contributed by atoms with Crippen molar-refractivity contribution in [2.24, 2.45) is 34.5 Å². The van der Waals surface area contributed by atoms with Crippen LogP contribution < -0.4 is 5.32 Å². The van der Waals surface area contributed by atoms with Gasteiger partial charge in [-0.05, 0) is 101 Å². The number of nitrogens with zero attached hydrogens (tertiary/aromatic N) is 1. The second-order valence-corrected chi connectivity index (χ2v) is 11.7. The number of carbonyl (C=O) groups excluding carboxylic acids is 2. The van der Waals surface area contributed by atoms with Crippen molar-refractivity contribution in [1.82, 2.24) is 10.2 Å². The minimum atomic E-state index is 0.154. The molecule has 3 saturated carbocycles. The molecule has 29 heavy (non-hydrogen) atoms. The molecule has 3 aliphatic carbocycles. The van der Waals surface area contributed by atoms with Gasteiger partial charge in [-0.25, -0.2) is 0 Å². The van der Waals surface area contributed by atoms with Crippen molar-refractivity contribution in [1.29, 1.82) is 0 Å². The van der Waals surface area contributed by atoms with Gasteiger partial charge in [0.1, 0.15) is 0 Å². The zero-order valence-corrected chi connectivity index (χ0v) is 19.5. The average Bonchev–Trinajstić information content (AvgIpc) is 2.99. The molecule has 4 heteroatoms. The third-order valence-corrected chi connectivity index (χ3v) is 9.76. The molecule has 4 aliphatic rings. The van der Waals surface area contributed by atoms with Crippen LogP contribution in [-0.4, -0.2) is 34.8 Å². The highest BCUT2D eigenvalue weighted by atomic mass is 16.2. The number of piperidine rings is 1. The van der Waals surface area contributed by atoms with Crippen LogP contribution in [0, 0.1) is 34.5 Å². The molecule has 164 valence electrons. The molecule has 0 radical (unpaired) electrons. The minimum Gasteiger partial charge on any atom is -0.353 e. The summed E-state index contributed by atoms with van der Waals surface area (Å²) in [4.78, 5) is 27.8. The summed E-state index contributed by atoms with van der Waals surface area (Å²) < 4.78 is 0. The highest BCUT2D eigenvalue weighted by Crippen LogP contribution is 2.65. The van der Waals surface area contributed by atoms with E-state index in [1.54, 1.807) is 0 Å². The van der Waals surface area contributed by atoms with Gasteiger partial charge in [-0.15, -0.1) is 0 Å². The Bertz CT molecular complexity index is 666. The summed E-state index contributed by atoms with van der Waals surface area (Å²) >= 11 is 0. The second kappa shape index (κ2) is 7.27. The third-order valence-electron chi connectivity index (χ3n) is 9.76. The lowest BCUT2D eigenvalue weighted by atomic mass is 9.47. The van der Waals surface area contributed by atoms with E-state index in [9.17, 15) is 9.59 Å². The van der Waals surface area contributed by atoms with Crippen LogP contribution in [0.5, 0.6) is 0 Å². The molecule has 1 saturated heterocycles. The molecule has 0 spiro atoms. The number of fused-ring (bicyclic) bond motifs is 5. The molecule has 2 amide bonds. The van der Waals surface area contributed by atoms with Gasteiger partial charge >= 0.3 is 0 Å². The zero-order valence-electron chi connectivity index (χ0n) is 19.5. The molecule has 4 rings (SSSR count). The number of carbonyl (C=O) groups is 2. The van der Waals surface area contributed by atoms with Gasteiger partial charge in [0.2, 0.25) is 11.8 Å². The van der Waals surface area contributed by atoms with E-state index < -0.39 is 0 Å². The third kappa shape index (κ3) is 3.15. The fourth-order valence-corrected chi connectivity index (χ4v) is 8.39. The largest absolute Gasteiger partial charge is 0.353 e. The van der Waals surface area contributed by atoms with Crippen LogP contribution in [0.4, 0.5) is 0 Å². The Labute approximate surface area is 177 Å². The Hall–Kier alpha value is -1.06. The van der Waals surface area contributed by atoms with Crippen LogP contribution in [0.15, 0.2) is 0 Å². The Morgan fingerprint density at radius 3 is 2.24 bits per heavy atom. The van der Waals surface area contributed by atoms with Gasteiger partial charge in [-0.2, -0.15) is 0 Å². The van der Waals surface area contributed by atoms with E-state index in [1.165, 1.54) is 25.7 Å². The first-order valence-electron chi connectivity index (χ1n) is 12.2. The number of rotatable bonds is 3. The lowest BCUT2D eigenvalue weighted by Crippen LogP contribution is -2.61. The van der Waals surface area contributed by atoms with Crippen LogP contribution in [0.1, 0.15) is 92.9 Å². The predicted molar refractivity (Wildman–Crippen MR) is 116 cm³/mol. The van der Waals surface area contributed by atoms with Gasteiger partial charge in [-0.1, -0.05) is 13.8 Å². The van der Waals surface area contributed by atoms with Gasteiger partial charge in [0, 0.05) is 30.5 Å². The topological polar surface area (TPSA) is 49.4 Å². The van der Waals surface area contributed by atoms with Gasteiger partial charge in [-0.3, -0.25) is 9.59 Å². The summed E-state index contributed by atoms with van der Waals surface area (Å²) in [5, 5.41) is 3.33. The van der Waals surface area contributed by atoms with Crippen LogP contribution >= 0.6 is 0 Å². The normalized spacial score (nSPS) is 44.1. The van der Waals surface area contributed by atoms with Crippen LogP contribution in [-0.2, 0) is 9.59 Å². The Kier molecular flexibility index (Phi) is 5.31. The van der Waals surface area contributed by atoms with Crippen molar-refractivity contribution >= 4 is 11.8 Å². The van der Waals surface area contributed by atoms with E-state index in [0.717, 1.165) is 25.2 Å². The smallest absolute Gasteiger partial charge is 0.226 e. The SMILES string of the molecule is CC(C)N(C(=O)[C@H]1CC[C@H]2[C@@H]3CCC4NC(=O)CC[C@]4(C)[C@H]3CC[C@]12C)C(C)C. The van der Waals surface area contributed by atoms with Crippen LogP contribution in [0.3, 0.4) is 0 Å². The number of nitrogens with one attached hydrogen (secondary N) is 1. The molecule has 0 aromatic rings. The van der Waals surface area contributed by atoms with E-state index in [-0.39, 0.29) is 34.7 Å². The van der Waals surface area contributed by atoms with Crippen molar-refractivity contribution in [3.8, 4) is 0 Å². The lowest BCUT2D eigenvalue weighted by molar-refractivity contribution is -0.150. The van der Waals surface area contributed by atoms with Crippen molar-refractivity contribution < 1.29 is 9.59 Å².